The lowest BCUT2D eigenvalue weighted by Gasteiger charge is -2.22. The summed E-state index contributed by atoms with van der Waals surface area (Å²) >= 11 is 1.87. The van der Waals surface area contributed by atoms with Crippen molar-refractivity contribution in [2.75, 3.05) is 0 Å². The number of hydrogen-bond donors (Lipinski definition) is 0. The van der Waals surface area contributed by atoms with Crippen LogP contribution in [-0.2, 0) is 6.42 Å². The van der Waals surface area contributed by atoms with Crippen LogP contribution in [0.4, 0.5) is 0 Å². The summed E-state index contributed by atoms with van der Waals surface area (Å²) in [5.74, 6) is 0.637. The summed E-state index contributed by atoms with van der Waals surface area (Å²) in [4.78, 5) is 6.10. The third-order valence-electron chi connectivity index (χ3n) is 3.03. The van der Waals surface area contributed by atoms with Gasteiger partial charge in [0.05, 0.1) is 10.7 Å². The number of fused-ring (bicyclic) bond motifs is 1. The highest BCUT2D eigenvalue weighted by molar-refractivity contribution is 7.11. The molecule has 1 aliphatic rings. The number of hydrogen-bond acceptors (Lipinski definition) is 2. The van der Waals surface area contributed by atoms with E-state index in [0.29, 0.717) is 11.3 Å². The van der Waals surface area contributed by atoms with Crippen LogP contribution in [0.2, 0.25) is 0 Å². The van der Waals surface area contributed by atoms with Gasteiger partial charge >= 0.3 is 0 Å². The highest BCUT2D eigenvalue weighted by Crippen LogP contribution is 2.47. The lowest BCUT2D eigenvalue weighted by molar-refractivity contribution is 0.327. The van der Waals surface area contributed by atoms with Gasteiger partial charge in [-0.05, 0) is 18.8 Å². The van der Waals surface area contributed by atoms with E-state index in [2.05, 4.69) is 32.7 Å². The Morgan fingerprint density at radius 2 is 2.17 bits per heavy atom. The molecule has 1 aromatic heterocycles. The molecule has 0 spiro atoms. The Balaban J connectivity index is 2.46. The fourth-order valence-corrected chi connectivity index (χ4v) is 3.16. The van der Waals surface area contributed by atoms with Crippen molar-refractivity contribution < 1.29 is 0 Å². The number of aryl methyl sites for hydroxylation is 1. The van der Waals surface area contributed by atoms with E-state index >= 15 is 0 Å². The Bertz CT molecular complexity index is 312. The third-order valence-corrected chi connectivity index (χ3v) is 4.02. The molecule has 2 heteroatoms. The van der Waals surface area contributed by atoms with Crippen LogP contribution in [0.1, 0.15) is 42.3 Å². The zero-order valence-electron chi connectivity index (χ0n) is 8.14. The molecule has 1 aromatic rings. The lowest BCUT2D eigenvalue weighted by Crippen LogP contribution is -2.15. The molecular weight excluding hydrogens is 166 g/mol. The Labute approximate surface area is 77.8 Å². The van der Waals surface area contributed by atoms with Crippen molar-refractivity contribution in [2.45, 2.75) is 40.0 Å². The van der Waals surface area contributed by atoms with Crippen LogP contribution in [0.15, 0.2) is 0 Å². The Kier molecular flexibility index (Phi) is 1.59. The number of aromatic nitrogens is 1. The molecule has 1 atom stereocenters. The topological polar surface area (TPSA) is 12.9 Å². The summed E-state index contributed by atoms with van der Waals surface area (Å²) in [6.45, 7) is 9.07. The van der Waals surface area contributed by atoms with Crippen LogP contribution in [-0.4, -0.2) is 4.98 Å². The van der Waals surface area contributed by atoms with Crippen LogP contribution < -0.4 is 0 Å². The first-order valence-corrected chi connectivity index (χ1v) is 5.28. The maximum absolute atomic E-state index is 4.59. The van der Waals surface area contributed by atoms with E-state index in [1.54, 1.807) is 0 Å². The van der Waals surface area contributed by atoms with Gasteiger partial charge < -0.3 is 0 Å². The van der Waals surface area contributed by atoms with Crippen LogP contribution in [0.5, 0.6) is 0 Å². The van der Waals surface area contributed by atoms with E-state index in [-0.39, 0.29) is 0 Å². The Hall–Kier alpha value is -0.370. The SMILES string of the molecule is Cc1nc2c(s1)CC(C)(C)C2C. The molecule has 0 bridgehead atoms. The summed E-state index contributed by atoms with van der Waals surface area (Å²) < 4.78 is 0. The average molecular weight is 181 g/mol. The molecule has 0 saturated heterocycles. The fraction of sp³-hybridized carbons (Fsp3) is 0.700. The minimum absolute atomic E-state index is 0.432. The van der Waals surface area contributed by atoms with Gasteiger partial charge in [0.2, 0.25) is 0 Å². The van der Waals surface area contributed by atoms with Gasteiger partial charge in [0, 0.05) is 10.8 Å². The van der Waals surface area contributed by atoms with Gasteiger partial charge in [-0.25, -0.2) is 4.98 Å². The van der Waals surface area contributed by atoms with Gasteiger partial charge in [-0.3, -0.25) is 0 Å². The molecule has 2 rings (SSSR count). The van der Waals surface area contributed by atoms with E-state index in [0.717, 1.165) is 0 Å². The molecule has 0 radical (unpaired) electrons. The fourth-order valence-electron chi connectivity index (χ4n) is 1.89. The Morgan fingerprint density at radius 3 is 2.75 bits per heavy atom. The van der Waals surface area contributed by atoms with Gasteiger partial charge in [0.15, 0.2) is 0 Å². The van der Waals surface area contributed by atoms with E-state index in [1.807, 2.05) is 11.3 Å². The summed E-state index contributed by atoms with van der Waals surface area (Å²) in [6, 6.07) is 0. The summed E-state index contributed by atoms with van der Waals surface area (Å²) in [7, 11) is 0. The maximum Gasteiger partial charge on any atom is 0.0900 e. The van der Waals surface area contributed by atoms with Crippen molar-refractivity contribution in [1.82, 2.24) is 4.98 Å². The predicted molar refractivity (Wildman–Crippen MR) is 52.8 cm³/mol. The molecule has 1 aliphatic carbocycles. The van der Waals surface area contributed by atoms with Crippen LogP contribution in [0, 0.1) is 12.3 Å². The summed E-state index contributed by atoms with van der Waals surface area (Å²) in [5.41, 5.74) is 1.80. The first-order chi connectivity index (χ1) is 5.50. The highest BCUT2D eigenvalue weighted by Gasteiger charge is 2.38. The Morgan fingerprint density at radius 1 is 1.50 bits per heavy atom. The normalized spacial score (nSPS) is 25.8. The molecule has 0 aromatic carbocycles. The minimum Gasteiger partial charge on any atom is -0.246 e. The van der Waals surface area contributed by atoms with Crippen LogP contribution in [0.25, 0.3) is 0 Å². The molecule has 0 N–H and O–H groups in total. The van der Waals surface area contributed by atoms with E-state index in [9.17, 15) is 0 Å². The van der Waals surface area contributed by atoms with Gasteiger partial charge in [-0.15, -0.1) is 11.3 Å². The smallest absolute Gasteiger partial charge is 0.0900 e. The van der Waals surface area contributed by atoms with Crippen molar-refractivity contribution in [3.8, 4) is 0 Å². The van der Waals surface area contributed by atoms with Crippen molar-refractivity contribution in [1.29, 1.82) is 0 Å². The van der Waals surface area contributed by atoms with E-state index in [4.69, 9.17) is 0 Å². The van der Waals surface area contributed by atoms with Crippen molar-refractivity contribution >= 4 is 11.3 Å². The first-order valence-electron chi connectivity index (χ1n) is 4.47. The number of nitrogens with zero attached hydrogens (tertiary/aromatic N) is 1. The molecule has 66 valence electrons. The summed E-state index contributed by atoms with van der Waals surface area (Å²) in [5, 5.41) is 1.22. The second kappa shape index (κ2) is 2.32. The molecule has 1 nitrogen and oxygen atoms in total. The second-order valence-electron chi connectivity index (χ2n) is 4.43. The number of rotatable bonds is 0. The number of thiazole rings is 1. The summed E-state index contributed by atoms with van der Waals surface area (Å²) in [6.07, 6.45) is 1.22. The molecule has 0 saturated carbocycles. The second-order valence-corrected chi connectivity index (χ2v) is 5.72. The molecular formula is C10H15NS. The van der Waals surface area contributed by atoms with Crippen molar-refractivity contribution in [3.05, 3.63) is 15.6 Å². The van der Waals surface area contributed by atoms with E-state index in [1.165, 1.54) is 22.0 Å². The van der Waals surface area contributed by atoms with Crippen LogP contribution in [0.3, 0.4) is 0 Å². The van der Waals surface area contributed by atoms with Gasteiger partial charge in [0.25, 0.3) is 0 Å². The van der Waals surface area contributed by atoms with Gasteiger partial charge in [0.1, 0.15) is 0 Å². The molecule has 0 fully saturated rings. The minimum atomic E-state index is 0.432. The molecule has 1 unspecified atom stereocenters. The van der Waals surface area contributed by atoms with Crippen molar-refractivity contribution in [2.24, 2.45) is 5.41 Å². The first kappa shape index (κ1) is 8.24. The zero-order valence-corrected chi connectivity index (χ0v) is 8.96. The van der Waals surface area contributed by atoms with Crippen LogP contribution >= 0.6 is 11.3 Å². The largest absolute Gasteiger partial charge is 0.246 e. The van der Waals surface area contributed by atoms with E-state index < -0.39 is 0 Å². The molecule has 1 heterocycles. The molecule has 0 amide bonds. The van der Waals surface area contributed by atoms with Gasteiger partial charge in [-0.2, -0.15) is 0 Å². The standard InChI is InChI=1S/C10H15NS/c1-6-9-8(5-10(6,3)4)12-7(2)11-9/h6H,5H2,1-4H3. The average Bonchev–Trinajstić information content (AvgIpc) is 2.35. The monoisotopic (exact) mass is 181 g/mol. The third kappa shape index (κ3) is 1.01. The highest BCUT2D eigenvalue weighted by atomic mass is 32.1. The molecule has 12 heavy (non-hydrogen) atoms. The van der Waals surface area contributed by atoms with Gasteiger partial charge in [-0.1, -0.05) is 20.8 Å². The quantitative estimate of drug-likeness (QED) is 0.599. The predicted octanol–water partition coefficient (Wildman–Crippen LogP) is 3.14. The van der Waals surface area contributed by atoms with Crippen molar-refractivity contribution in [3.63, 3.8) is 0 Å². The lowest BCUT2D eigenvalue weighted by atomic mass is 9.82. The maximum atomic E-state index is 4.59. The zero-order chi connectivity index (χ0) is 8.93. The molecule has 0 aliphatic heterocycles.